The number of amidine groups is 1. The smallest absolute Gasteiger partial charge is 0.278 e. The minimum Gasteiger partial charge on any atom is -0.278 e. The van der Waals surface area contributed by atoms with Gasteiger partial charge in [-0.25, -0.2) is 0 Å². The van der Waals surface area contributed by atoms with Crippen LogP contribution in [0.4, 0.5) is 18.9 Å². The lowest BCUT2D eigenvalue weighted by Crippen LogP contribution is -2.28. The second kappa shape index (κ2) is 7.44. The molecule has 138 valence electrons. The second-order valence-electron chi connectivity index (χ2n) is 5.90. The Labute approximate surface area is 158 Å². The molecule has 2 aromatic rings. The summed E-state index contributed by atoms with van der Waals surface area (Å²) >= 11 is 0.928. The number of amides is 1. The molecule has 7 heteroatoms. The number of carbonyl (C=O) groups excluding carboxylic acids is 1. The van der Waals surface area contributed by atoms with Crippen LogP contribution in [0.5, 0.6) is 0 Å². The number of nitrogens with one attached hydrogen (secondary N) is 1. The molecule has 3 rings (SSSR count). The topological polar surface area (TPSA) is 44.2 Å². The average Bonchev–Trinajstić information content (AvgIpc) is 2.88. The molecule has 0 bridgehead atoms. The van der Waals surface area contributed by atoms with E-state index in [1.807, 2.05) is 43.3 Å². The van der Waals surface area contributed by atoms with Gasteiger partial charge in [0.05, 0.1) is 16.2 Å². The highest BCUT2D eigenvalue weighted by atomic mass is 32.2. The lowest BCUT2D eigenvalue weighted by atomic mass is 10.1. The van der Waals surface area contributed by atoms with Gasteiger partial charge in [-0.15, -0.1) is 0 Å². The first-order valence-electron chi connectivity index (χ1n) is 7.99. The van der Waals surface area contributed by atoms with Crippen molar-refractivity contribution >= 4 is 34.6 Å². The quantitative estimate of drug-likeness (QED) is 0.685. The summed E-state index contributed by atoms with van der Waals surface area (Å²) in [6, 6.07) is 14.0. The Balaban J connectivity index is 1.88. The molecule has 0 unspecified atom stereocenters. The fourth-order valence-electron chi connectivity index (χ4n) is 2.60. The van der Waals surface area contributed by atoms with Crippen LogP contribution in [0.15, 0.2) is 71.2 Å². The van der Waals surface area contributed by atoms with Gasteiger partial charge in [-0.3, -0.25) is 15.1 Å². The molecule has 1 fully saturated rings. The van der Waals surface area contributed by atoms with E-state index in [4.69, 9.17) is 5.41 Å². The number of allylic oxidation sites excluding steroid dienone is 2. The average molecular weight is 388 g/mol. The molecular weight excluding hydrogens is 373 g/mol. The van der Waals surface area contributed by atoms with Crippen LogP contribution in [0.1, 0.15) is 18.1 Å². The first kappa shape index (κ1) is 19.0. The Hall–Kier alpha value is -2.80. The number of rotatable bonds is 3. The third-order valence-corrected chi connectivity index (χ3v) is 4.70. The Morgan fingerprint density at radius 2 is 1.81 bits per heavy atom. The Kier molecular flexibility index (Phi) is 5.23. The molecule has 0 spiro atoms. The normalized spacial score (nSPS) is 17.1. The minimum atomic E-state index is -4.51. The number of nitrogens with zero attached hydrogens (tertiary/aromatic N) is 1. The molecule has 0 aromatic heterocycles. The molecule has 2 aromatic carbocycles. The third kappa shape index (κ3) is 4.31. The number of halogens is 3. The molecule has 1 amide bonds. The van der Waals surface area contributed by atoms with Gasteiger partial charge in [0.25, 0.3) is 5.91 Å². The number of thioether (sulfide) groups is 1. The molecule has 1 aliphatic rings. The largest absolute Gasteiger partial charge is 0.416 e. The van der Waals surface area contributed by atoms with Gasteiger partial charge in [0.2, 0.25) is 0 Å². The zero-order valence-corrected chi connectivity index (χ0v) is 15.1. The van der Waals surface area contributed by atoms with Gasteiger partial charge >= 0.3 is 6.18 Å². The van der Waals surface area contributed by atoms with Crippen LogP contribution in [0, 0.1) is 5.41 Å². The number of hydrogen-bond donors (Lipinski definition) is 1. The molecule has 0 radical (unpaired) electrons. The zero-order valence-electron chi connectivity index (χ0n) is 14.2. The minimum absolute atomic E-state index is 0.0282. The lowest BCUT2D eigenvalue weighted by Gasteiger charge is -2.16. The Bertz CT molecular complexity index is 949. The summed E-state index contributed by atoms with van der Waals surface area (Å²) < 4.78 is 38.8. The maximum absolute atomic E-state index is 12.9. The van der Waals surface area contributed by atoms with Gasteiger partial charge in [0, 0.05) is 0 Å². The third-order valence-electron chi connectivity index (χ3n) is 3.81. The van der Waals surface area contributed by atoms with Crippen molar-refractivity contribution in [1.82, 2.24) is 0 Å². The summed E-state index contributed by atoms with van der Waals surface area (Å²) in [5.74, 6) is -0.509. The van der Waals surface area contributed by atoms with Crippen LogP contribution in [0.2, 0.25) is 0 Å². The Morgan fingerprint density at radius 1 is 1.11 bits per heavy atom. The van der Waals surface area contributed by atoms with E-state index < -0.39 is 17.6 Å². The monoisotopic (exact) mass is 388 g/mol. The summed E-state index contributed by atoms with van der Waals surface area (Å²) in [6.07, 6.45) is -0.985. The molecular formula is C20H15F3N2OS. The SMILES string of the molecule is CC(=Cc1ccccc1)C=C1SC(=N)N(c2cccc(C(F)(F)F)c2)C1=O. The van der Waals surface area contributed by atoms with Crippen molar-refractivity contribution in [2.45, 2.75) is 13.1 Å². The van der Waals surface area contributed by atoms with E-state index in [-0.39, 0.29) is 10.9 Å². The maximum atomic E-state index is 12.9. The summed E-state index contributed by atoms with van der Waals surface area (Å²) in [5.41, 5.74) is 0.937. The van der Waals surface area contributed by atoms with Crippen molar-refractivity contribution in [3.05, 3.63) is 82.3 Å². The molecule has 0 atom stereocenters. The second-order valence-corrected chi connectivity index (χ2v) is 6.93. The highest BCUT2D eigenvalue weighted by Gasteiger charge is 2.36. The van der Waals surface area contributed by atoms with E-state index in [0.717, 1.165) is 39.9 Å². The van der Waals surface area contributed by atoms with E-state index in [1.54, 1.807) is 6.08 Å². The number of hydrogen-bond acceptors (Lipinski definition) is 3. The van der Waals surface area contributed by atoms with Crippen molar-refractivity contribution in [3.8, 4) is 0 Å². The van der Waals surface area contributed by atoms with Gasteiger partial charge in [0.1, 0.15) is 0 Å². The van der Waals surface area contributed by atoms with Crippen molar-refractivity contribution in [1.29, 1.82) is 5.41 Å². The molecule has 3 nitrogen and oxygen atoms in total. The highest BCUT2D eigenvalue weighted by molar-refractivity contribution is 8.19. The molecule has 1 aliphatic heterocycles. The summed E-state index contributed by atoms with van der Waals surface area (Å²) in [6.45, 7) is 1.82. The summed E-state index contributed by atoms with van der Waals surface area (Å²) in [4.78, 5) is 13.9. The zero-order chi connectivity index (χ0) is 19.6. The summed E-state index contributed by atoms with van der Waals surface area (Å²) in [5, 5.41) is 7.90. The van der Waals surface area contributed by atoms with Gasteiger partial charge in [-0.1, -0.05) is 42.5 Å². The molecule has 1 heterocycles. The molecule has 27 heavy (non-hydrogen) atoms. The fraction of sp³-hybridized carbons (Fsp3) is 0.100. The Morgan fingerprint density at radius 3 is 2.48 bits per heavy atom. The van der Waals surface area contributed by atoms with Crippen LogP contribution in [-0.2, 0) is 11.0 Å². The van der Waals surface area contributed by atoms with Crippen LogP contribution < -0.4 is 4.90 Å². The molecule has 0 saturated carbocycles. The molecule has 0 aliphatic carbocycles. The number of alkyl halides is 3. The first-order chi connectivity index (χ1) is 12.8. The molecule has 1 saturated heterocycles. The van der Waals surface area contributed by atoms with E-state index >= 15 is 0 Å². The van der Waals surface area contributed by atoms with Crippen molar-refractivity contribution in [3.63, 3.8) is 0 Å². The van der Waals surface area contributed by atoms with Gasteiger partial charge in [-0.2, -0.15) is 13.2 Å². The van der Waals surface area contributed by atoms with Crippen molar-refractivity contribution in [2.24, 2.45) is 0 Å². The lowest BCUT2D eigenvalue weighted by molar-refractivity contribution is -0.137. The number of benzene rings is 2. The van der Waals surface area contributed by atoms with Crippen LogP contribution in [-0.4, -0.2) is 11.1 Å². The van der Waals surface area contributed by atoms with Gasteiger partial charge in [-0.05, 0) is 54.1 Å². The highest BCUT2D eigenvalue weighted by Crippen LogP contribution is 2.37. The predicted octanol–water partition coefficient (Wildman–Crippen LogP) is 5.71. The van der Waals surface area contributed by atoms with Crippen LogP contribution in [0.25, 0.3) is 6.08 Å². The van der Waals surface area contributed by atoms with E-state index in [9.17, 15) is 18.0 Å². The van der Waals surface area contributed by atoms with Gasteiger partial charge in [0.15, 0.2) is 5.17 Å². The van der Waals surface area contributed by atoms with Crippen molar-refractivity contribution < 1.29 is 18.0 Å². The van der Waals surface area contributed by atoms with E-state index in [0.29, 0.717) is 4.91 Å². The van der Waals surface area contributed by atoms with E-state index in [1.165, 1.54) is 12.1 Å². The standard InChI is InChI=1S/C20H15F3N2OS/c1-13(10-14-6-3-2-4-7-14)11-17-18(26)25(19(24)27-17)16-9-5-8-15(12-16)20(21,22)23/h2-12,24H,1H3. The van der Waals surface area contributed by atoms with E-state index in [2.05, 4.69) is 0 Å². The van der Waals surface area contributed by atoms with Crippen LogP contribution in [0.3, 0.4) is 0 Å². The first-order valence-corrected chi connectivity index (χ1v) is 8.80. The summed E-state index contributed by atoms with van der Waals surface area (Å²) in [7, 11) is 0. The number of carbonyl (C=O) groups is 1. The molecule has 1 N–H and O–H groups in total. The maximum Gasteiger partial charge on any atom is 0.416 e. The van der Waals surface area contributed by atoms with Crippen molar-refractivity contribution in [2.75, 3.05) is 4.90 Å². The van der Waals surface area contributed by atoms with Gasteiger partial charge < -0.3 is 0 Å². The predicted molar refractivity (Wildman–Crippen MR) is 102 cm³/mol. The fourth-order valence-corrected chi connectivity index (χ4v) is 3.51. The van der Waals surface area contributed by atoms with Crippen LogP contribution >= 0.6 is 11.8 Å². The number of anilines is 1.